The molecule has 1 aromatic rings. The van der Waals surface area contributed by atoms with Gasteiger partial charge in [0.2, 0.25) is 0 Å². The van der Waals surface area contributed by atoms with Gasteiger partial charge in [0.1, 0.15) is 7.85 Å². The van der Waals surface area contributed by atoms with Gasteiger partial charge in [-0.2, -0.15) is 0 Å². The third kappa shape index (κ3) is 4.34. The fraction of sp³-hybridized carbons (Fsp3) is 0.750. The average Bonchev–Trinajstić information content (AvgIpc) is 2.70. The van der Waals surface area contributed by atoms with E-state index in [1.54, 1.807) is 11.1 Å². The third-order valence-electron chi connectivity index (χ3n) is 7.98. The van der Waals surface area contributed by atoms with E-state index in [0.29, 0.717) is 0 Å². The second-order valence-corrected chi connectivity index (χ2v) is 9.63. The molecule has 1 aromatic carbocycles. The molecule has 0 spiro atoms. The normalized spacial score (nSPS) is 34.7. The molecule has 0 bridgehead atoms. The maximum atomic E-state index is 2.49. The van der Waals surface area contributed by atoms with Gasteiger partial charge in [-0.25, -0.2) is 0 Å². The third-order valence-corrected chi connectivity index (χ3v) is 7.98. The Labute approximate surface area is 156 Å². The number of rotatable bonds is 3. The van der Waals surface area contributed by atoms with Crippen LogP contribution in [0.1, 0.15) is 106 Å². The second-order valence-electron chi connectivity index (χ2n) is 9.63. The van der Waals surface area contributed by atoms with Crippen molar-refractivity contribution in [1.82, 2.24) is 0 Å². The molecule has 0 amide bonds. The SMILES string of the molecule is BC1CCC(c2ccc(C3CCC(C4CCCCC4)CC3)cc2)CC1. The van der Waals surface area contributed by atoms with Crippen LogP contribution in [0.15, 0.2) is 24.3 Å². The second kappa shape index (κ2) is 8.32. The first-order valence-electron chi connectivity index (χ1n) is 11.4. The predicted molar refractivity (Wildman–Crippen MR) is 111 cm³/mol. The molecule has 0 atom stereocenters. The van der Waals surface area contributed by atoms with Crippen LogP contribution in [-0.2, 0) is 0 Å². The molecule has 0 saturated heterocycles. The van der Waals surface area contributed by atoms with E-state index >= 15 is 0 Å². The summed E-state index contributed by atoms with van der Waals surface area (Å²) in [5, 5.41) is 0. The standard InChI is InChI=1S/C24H37B/c25-24-16-14-23(15-17-24)22-12-10-21(11-13-22)20-8-6-19(7-9-20)18-4-2-1-3-5-18/h10-13,18-20,23-24H,1-9,14-17,25H2. The van der Waals surface area contributed by atoms with E-state index < -0.39 is 0 Å². The van der Waals surface area contributed by atoms with Crippen LogP contribution in [0.5, 0.6) is 0 Å². The van der Waals surface area contributed by atoms with Crippen LogP contribution in [-0.4, -0.2) is 7.85 Å². The zero-order valence-corrected chi connectivity index (χ0v) is 16.4. The van der Waals surface area contributed by atoms with Crippen molar-refractivity contribution in [1.29, 1.82) is 0 Å². The summed E-state index contributed by atoms with van der Waals surface area (Å²) < 4.78 is 0. The van der Waals surface area contributed by atoms with Crippen LogP contribution < -0.4 is 0 Å². The fourth-order valence-electron chi connectivity index (χ4n) is 6.16. The zero-order valence-electron chi connectivity index (χ0n) is 16.4. The van der Waals surface area contributed by atoms with E-state index in [-0.39, 0.29) is 0 Å². The van der Waals surface area contributed by atoms with E-state index in [1.165, 1.54) is 83.5 Å². The van der Waals surface area contributed by atoms with Gasteiger partial charge in [-0.05, 0) is 73.3 Å². The van der Waals surface area contributed by atoms with E-state index in [4.69, 9.17) is 0 Å². The summed E-state index contributed by atoms with van der Waals surface area (Å²) in [7, 11) is 2.42. The molecule has 0 heterocycles. The molecule has 3 fully saturated rings. The van der Waals surface area contributed by atoms with Crippen molar-refractivity contribution in [2.45, 2.75) is 101 Å². The molecule has 0 aliphatic heterocycles. The molecule has 3 saturated carbocycles. The van der Waals surface area contributed by atoms with Gasteiger partial charge in [-0.3, -0.25) is 0 Å². The highest BCUT2D eigenvalue weighted by Gasteiger charge is 2.29. The number of hydrogen-bond acceptors (Lipinski definition) is 0. The predicted octanol–water partition coefficient (Wildman–Crippen LogP) is 6.62. The van der Waals surface area contributed by atoms with E-state index in [1.807, 2.05) is 0 Å². The lowest BCUT2D eigenvalue weighted by molar-refractivity contribution is 0.186. The van der Waals surface area contributed by atoms with Crippen LogP contribution in [0, 0.1) is 11.8 Å². The minimum absolute atomic E-state index is 0.840. The van der Waals surface area contributed by atoms with Gasteiger partial charge in [-0.15, -0.1) is 0 Å². The number of benzene rings is 1. The van der Waals surface area contributed by atoms with Gasteiger partial charge in [0.05, 0.1) is 0 Å². The molecule has 0 nitrogen and oxygen atoms in total. The first-order chi connectivity index (χ1) is 12.3. The number of hydrogen-bond donors (Lipinski definition) is 0. The Balaban J connectivity index is 1.30. The van der Waals surface area contributed by atoms with Crippen molar-refractivity contribution in [2.24, 2.45) is 11.8 Å². The van der Waals surface area contributed by atoms with Gasteiger partial charge in [0.15, 0.2) is 0 Å². The molecule has 0 unspecified atom stereocenters. The Bertz CT molecular complexity index is 512. The molecule has 136 valence electrons. The highest BCUT2D eigenvalue weighted by molar-refractivity contribution is 6.11. The largest absolute Gasteiger partial charge is 0.105 e. The quantitative estimate of drug-likeness (QED) is 0.544. The van der Waals surface area contributed by atoms with Gasteiger partial charge in [0.25, 0.3) is 0 Å². The molecule has 3 aliphatic rings. The topological polar surface area (TPSA) is 0 Å². The van der Waals surface area contributed by atoms with E-state index in [2.05, 4.69) is 32.1 Å². The summed E-state index contributed by atoms with van der Waals surface area (Å²) in [5.74, 6) is 4.77. The van der Waals surface area contributed by atoms with Crippen molar-refractivity contribution in [3.05, 3.63) is 35.4 Å². The van der Waals surface area contributed by atoms with E-state index in [9.17, 15) is 0 Å². The Morgan fingerprint density at radius 2 is 0.960 bits per heavy atom. The average molecular weight is 336 g/mol. The van der Waals surface area contributed by atoms with Crippen LogP contribution in [0.3, 0.4) is 0 Å². The minimum atomic E-state index is 0.840. The van der Waals surface area contributed by atoms with Crippen molar-refractivity contribution >= 4 is 7.85 Å². The summed E-state index contributed by atoms with van der Waals surface area (Å²) in [6.07, 6.45) is 19.1. The molecule has 1 heteroatoms. The lowest BCUT2D eigenvalue weighted by atomic mass is 9.69. The Morgan fingerprint density at radius 3 is 1.48 bits per heavy atom. The molecule has 4 rings (SSSR count). The molecule has 25 heavy (non-hydrogen) atoms. The Morgan fingerprint density at radius 1 is 0.520 bits per heavy atom. The monoisotopic (exact) mass is 336 g/mol. The molecule has 0 radical (unpaired) electrons. The van der Waals surface area contributed by atoms with Crippen LogP contribution in [0.25, 0.3) is 0 Å². The molecule has 0 N–H and O–H groups in total. The molecular weight excluding hydrogens is 299 g/mol. The highest BCUT2D eigenvalue weighted by atomic mass is 14.3. The summed E-state index contributed by atoms with van der Waals surface area (Å²) in [6, 6.07) is 9.92. The van der Waals surface area contributed by atoms with Crippen molar-refractivity contribution in [3.8, 4) is 0 Å². The van der Waals surface area contributed by atoms with Crippen LogP contribution in [0.4, 0.5) is 0 Å². The lowest BCUT2D eigenvalue weighted by Crippen LogP contribution is -2.23. The van der Waals surface area contributed by atoms with Gasteiger partial charge >= 0.3 is 0 Å². The Hall–Kier alpha value is -0.715. The van der Waals surface area contributed by atoms with Gasteiger partial charge in [-0.1, -0.05) is 75.0 Å². The van der Waals surface area contributed by atoms with Crippen molar-refractivity contribution in [2.75, 3.05) is 0 Å². The van der Waals surface area contributed by atoms with Crippen molar-refractivity contribution in [3.63, 3.8) is 0 Å². The maximum Gasteiger partial charge on any atom is 0.105 e. The van der Waals surface area contributed by atoms with Crippen LogP contribution in [0.2, 0.25) is 5.82 Å². The minimum Gasteiger partial charge on any atom is -0.0697 e. The summed E-state index contributed by atoms with van der Waals surface area (Å²) >= 11 is 0. The molecule has 0 aromatic heterocycles. The fourth-order valence-corrected chi connectivity index (χ4v) is 6.16. The highest BCUT2D eigenvalue weighted by Crippen LogP contribution is 2.43. The molecular formula is C24H37B. The van der Waals surface area contributed by atoms with Gasteiger partial charge in [0, 0.05) is 0 Å². The smallest absolute Gasteiger partial charge is 0.0697 e. The lowest BCUT2D eigenvalue weighted by Gasteiger charge is -2.36. The van der Waals surface area contributed by atoms with E-state index in [0.717, 1.165) is 29.5 Å². The molecule has 3 aliphatic carbocycles. The first-order valence-corrected chi connectivity index (χ1v) is 11.4. The Kier molecular flexibility index (Phi) is 5.88. The first kappa shape index (κ1) is 17.7. The summed E-state index contributed by atoms with van der Waals surface area (Å²) in [5.41, 5.74) is 3.25. The summed E-state index contributed by atoms with van der Waals surface area (Å²) in [4.78, 5) is 0. The maximum absolute atomic E-state index is 2.49. The van der Waals surface area contributed by atoms with Crippen LogP contribution >= 0.6 is 0 Å². The zero-order chi connectivity index (χ0) is 17.1. The van der Waals surface area contributed by atoms with Crippen molar-refractivity contribution < 1.29 is 0 Å². The van der Waals surface area contributed by atoms with Gasteiger partial charge < -0.3 is 0 Å². The summed E-state index contributed by atoms with van der Waals surface area (Å²) in [6.45, 7) is 0.